The summed E-state index contributed by atoms with van der Waals surface area (Å²) in [4.78, 5) is 22.7. The Hall–Kier alpha value is -1.90. The van der Waals surface area contributed by atoms with E-state index in [0.29, 0.717) is 5.75 Å². The number of fused-ring (bicyclic) bond motifs is 2. The zero-order chi connectivity index (χ0) is 21.2. The Balaban J connectivity index is 0.00000245. The minimum atomic E-state index is 0. The van der Waals surface area contributed by atoms with E-state index in [1.165, 1.54) is 15.1 Å². The Kier molecular flexibility index (Phi) is 7.53. The summed E-state index contributed by atoms with van der Waals surface area (Å²) in [5.41, 5.74) is 3.51. The number of carbonyl (C=O) groups excluding carboxylic acids is 1. The van der Waals surface area contributed by atoms with E-state index in [2.05, 4.69) is 35.3 Å². The number of thiophene rings is 1. The Morgan fingerprint density at radius 3 is 2.69 bits per heavy atom. The van der Waals surface area contributed by atoms with Gasteiger partial charge in [0.1, 0.15) is 10.0 Å². The maximum Gasteiger partial charge on any atom is 0.235 e. The molecule has 1 aliphatic heterocycles. The van der Waals surface area contributed by atoms with Gasteiger partial charge in [0.25, 0.3) is 0 Å². The fourth-order valence-electron chi connectivity index (χ4n) is 3.85. The number of thiazole rings is 1. The highest BCUT2D eigenvalue weighted by atomic mass is 35.5. The Morgan fingerprint density at radius 1 is 1.12 bits per heavy atom. The van der Waals surface area contributed by atoms with Gasteiger partial charge in [0.05, 0.1) is 16.0 Å². The van der Waals surface area contributed by atoms with E-state index in [1.54, 1.807) is 34.4 Å². The van der Waals surface area contributed by atoms with Crippen molar-refractivity contribution >= 4 is 68.0 Å². The summed E-state index contributed by atoms with van der Waals surface area (Å²) in [6, 6.07) is 18.3. The number of carbonyl (C=O) groups is 1. The van der Waals surface area contributed by atoms with Crippen molar-refractivity contribution in [3.8, 4) is 10.6 Å². The topological polar surface area (TPSA) is 45.2 Å². The number of thioether (sulfide) groups is 1. The summed E-state index contributed by atoms with van der Waals surface area (Å²) in [6.45, 7) is 5.25. The van der Waals surface area contributed by atoms with E-state index in [4.69, 9.17) is 4.98 Å². The molecule has 0 saturated carbocycles. The summed E-state index contributed by atoms with van der Waals surface area (Å²) < 4.78 is 1.18. The zero-order valence-corrected chi connectivity index (χ0v) is 20.9. The predicted molar refractivity (Wildman–Crippen MR) is 141 cm³/mol. The molecule has 5 rings (SSSR count). The number of amides is 1. The van der Waals surface area contributed by atoms with Crippen molar-refractivity contribution in [1.82, 2.24) is 9.88 Å². The van der Waals surface area contributed by atoms with E-state index >= 15 is 0 Å². The second-order valence-electron chi connectivity index (χ2n) is 7.46. The van der Waals surface area contributed by atoms with Crippen molar-refractivity contribution in [3.05, 3.63) is 65.0 Å². The summed E-state index contributed by atoms with van der Waals surface area (Å²) in [5, 5.41) is 5.17. The van der Waals surface area contributed by atoms with Gasteiger partial charge in [-0.3, -0.25) is 9.69 Å². The van der Waals surface area contributed by atoms with Crippen molar-refractivity contribution < 1.29 is 4.79 Å². The molecule has 0 aliphatic carbocycles. The van der Waals surface area contributed by atoms with Gasteiger partial charge >= 0.3 is 0 Å². The third kappa shape index (κ3) is 4.87. The number of hydrogen-bond acceptors (Lipinski definition) is 6. The van der Waals surface area contributed by atoms with E-state index in [0.717, 1.165) is 52.0 Å². The largest absolute Gasteiger partial charge is 0.316 e. The standard InChI is InChI=1S/C24H23N3OS3.ClH/c1-2-27-13-12-17-20(14-27)31-24(26-21(28)15-29-16-8-4-3-5-9-16)22(17)23-25-18-10-6-7-11-19(18)30-23;/h3-11H,2,12-15H2,1H3,(H,26,28);1H. The molecule has 1 amide bonds. The van der Waals surface area contributed by atoms with Crippen LogP contribution in [0.4, 0.5) is 5.00 Å². The molecule has 0 fully saturated rings. The Labute approximate surface area is 206 Å². The van der Waals surface area contributed by atoms with Gasteiger partial charge in [-0.05, 0) is 42.8 Å². The summed E-state index contributed by atoms with van der Waals surface area (Å²) in [5.74, 6) is 0.426. The molecular weight excluding hydrogens is 478 g/mol. The lowest BCUT2D eigenvalue weighted by Gasteiger charge is -2.25. The van der Waals surface area contributed by atoms with Gasteiger partial charge < -0.3 is 5.32 Å². The summed E-state index contributed by atoms with van der Waals surface area (Å²) in [7, 11) is 0. The first-order chi connectivity index (χ1) is 15.2. The van der Waals surface area contributed by atoms with Gasteiger partial charge in [-0.15, -0.1) is 46.8 Å². The maximum absolute atomic E-state index is 12.8. The fraction of sp³-hybridized carbons (Fsp3) is 0.250. The van der Waals surface area contributed by atoms with Crippen LogP contribution in [0, 0.1) is 0 Å². The quantitative estimate of drug-likeness (QED) is 0.304. The number of nitrogens with one attached hydrogen (secondary N) is 1. The number of rotatable bonds is 6. The lowest BCUT2D eigenvalue weighted by Crippen LogP contribution is -2.29. The molecule has 1 aliphatic rings. The molecule has 0 bridgehead atoms. The van der Waals surface area contributed by atoms with Crippen LogP contribution in [-0.2, 0) is 17.8 Å². The summed E-state index contributed by atoms with van der Waals surface area (Å²) >= 11 is 4.99. The highest BCUT2D eigenvalue weighted by Gasteiger charge is 2.27. The van der Waals surface area contributed by atoms with Crippen LogP contribution in [0.3, 0.4) is 0 Å². The van der Waals surface area contributed by atoms with Crippen molar-refractivity contribution in [2.24, 2.45) is 0 Å². The average Bonchev–Trinajstić information content (AvgIpc) is 3.38. The Bertz CT molecular complexity index is 1190. The highest BCUT2D eigenvalue weighted by molar-refractivity contribution is 8.00. The lowest BCUT2D eigenvalue weighted by molar-refractivity contribution is -0.113. The van der Waals surface area contributed by atoms with Crippen LogP contribution in [0.15, 0.2) is 59.5 Å². The van der Waals surface area contributed by atoms with Crippen LogP contribution in [0.25, 0.3) is 20.8 Å². The number of benzene rings is 2. The molecule has 8 heteroatoms. The molecule has 2 aromatic heterocycles. The van der Waals surface area contributed by atoms with Gasteiger partial charge in [0.2, 0.25) is 5.91 Å². The van der Waals surface area contributed by atoms with Crippen LogP contribution in [-0.4, -0.2) is 34.6 Å². The van der Waals surface area contributed by atoms with Gasteiger partial charge in [0, 0.05) is 28.4 Å². The molecule has 0 unspecified atom stereocenters. The molecule has 1 N–H and O–H groups in total. The monoisotopic (exact) mass is 501 g/mol. The van der Waals surface area contributed by atoms with Gasteiger partial charge in [-0.2, -0.15) is 0 Å². The zero-order valence-electron chi connectivity index (χ0n) is 17.7. The van der Waals surface area contributed by atoms with Crippen LogP contribution < -0.4 is 5.32 Å². The van der Waals surface area contributed by atoms with Crippen LogP contribution in [0.2, 0.25) is 0 Å². The molecule has 0 radical (unpaired) electrons. The van der Waals surface area contributed by atoms with Crippen LogP contribution in [0.1, 0.15) is 17.4 Å². The number of hydrogen-bond donors (Lipinski definition) is 1. The number of aromatic nitrogens is 1. The molecule has 32 heavy (non-hydrogen) atoms. The molecule has 0 saturated heterocycles. The van der Waals surface area contributed by atoms with Crippen molar-refractivity contribution in [3.63, 3.8) is 0 Å². The Morgan fingerprint density at radius 2 is 1.91 bits per heavy atom. The summed E-state index contributed by atoms with van der Waals surface area (Å²) in [6.07, 6.45) is 1.000. The van der Waals surface area contributed by atoms with E-state index in [1.807, 2.05) is 36.4 Å². The van der Waals surface area contributed by atoms with E-state index in [9.17, 15) is 4.79 Å². The van der Waals surface area contributed by atoms with Crippen LogP contribution >= 0.6 is 46.8 Å². The van der Waals surface area contributed by atoms with Crippen LogP contribution in [0.5, 0.6) is 0 Å². The molecular formula is C24H24ClN3OS3. The molecule has 0 spiro atoms. The van der Waals surface area contributed by atoms with Crippen molar-refractivity contribution in [1.29, 1.82) is 0 Å². The van der Waals surface area contributed by atoms with Gasteiger partial charge in [0.15, 0.2) is 0 Å². The second-order valence-corrected chi connectivity index (χ2v) is 10.6. The predicted octanol–water partition coefficient (Wildman–Crippen LogP) is 6.56. The number of likely N-dealkylation sites (N-methyl/N-ethyl adjacent to an activating group) is 1. The van der Waals surface area contributed by atoms with Gasteiger partial charge in [-0.1, -0.05) is 37.3 Å². The number of halogens is 1. The van der Waals surface area contributed by atoms with Crippen molar-refractivity contribution in [2.45, 2.75) is 24.8 Å². The fourth-order valence-corrected chi connectivity index (χ4v) is 6.98. The molecule has 4 aromatic rings. The first-order valence-corrected chi connectivity index (χ1v) is 13.0. The SMILES string of the molecule is CCN1CCc2c(sc(NC(=O)CSc3ccccc3)c2-c2nc3ccccc3s2)C1.Cl. The highest BCUT2D eigenvalue weighted by Crippen LogP contribution is 2.45. The number of nitrogens with zero attached hydrogens (tertiary/aromatic N) is 2. The first-order valence-electron chi connectivity index (χ1n) is 10.4. The average molecular weight is 502 g/mol. The van der Waals surface area contributed by atoms with Crippen molar-refractivity contribution in [2.75, 3.05) is 24.2 Å². The molecule has 0 atom stereocenters. The number of para-hydroxylation sites is 1. The van der Waals surface area contributed by atoms with E-state index in [-0.39, 0.29) is 18.3 Å². The smallest absolute Gasteiger partial charge is 0.235 e. The first kappa shape index (κ1) is 23.3. The van der Waals surface area contributed by atoms with E-state index < -0.39 is 0 Å². The lowest BCUT2D eigenvalue weighted by atomic mass is 10.0. The minimum absolute atomic E-state index is 0. The molecule has 2 aromatic carbocycles. The normalized spacial score (nSPS) is 13.5. The number of anilines is 1. The maximum atomic E-state index is 12.8. The third-order valence-corrected chi connectivity index (χ3v) is 8.66. The minimum Gasteiger partial charge on any atom is -0.316 e. The van der Waals surface area contributed by atoms with Gasteiger partial charge in [-0.25, -0.2) is 4.98 Å². The molecule has 4 nitrogen and oxygen atoms in total. The molecule has 166 valence electrons. The molecule has 3 heterocycles. The third-order valence-electron chi connectivity index (χ3n) is 5.46. The second kappa shape index (κ2) is 10.4.